The van der Waals surface area contributed by atoms with E-state index < -0.39 is 35.1 Å². The number of hydrogen-bond acceptors (Lipinski definition) is 5. The summed E-state index contributed by atoms with van der Waals surface area (Å²) >= 11 is 0. The number of hydrogen-bond donors (Lipinski definition) is 2. The van der Waals surface area contributed by atoms with Gasteiger partial charge in [0, 0.05) is 0 Å². The van der Waals surface area contributed by atoms with Gasteiger partial charge in [0.15, 0.2) is 5.43 Å². The molecule has 1 heterocycles. The van der Waals surface area contributed by atoms with E-state index >= 15 is 0 Å². The van der Waals surface area contributed by atoms with Gasteiger partial charge in [-0.15, -0.1) is 0 Å². The van der Waals surface area contributed by atoms with Crippen molar-refractivity contribution in [3.8, 4) is 5.75 Å². The highest BCUT2D eigenvalue weighted by Crippen LogP contribution is 2.21. The van der Waals surface area contributed by atoms with Gasteiger partial charge in [-0.3, -0.25) is 9.59 Å². The predicted octanol–water partition coefficient (Wildman–Crippen LogP) is 1.13. The zero-order valence-electron chi connectivity index (χ0n) is 10.4. The number of methoxy groups -OCH3 is 1. The van der Waals surface area contributed by atoms with Gasteiger partial charge in [0.05, 0.1) is 24.5 Å². The van der Waals surface area contributed by atoms with Crippen molar-refractivity contribution in [3.05, 3.63) is 39.7 Å². The van der Waals surface area contributed by atoms with Gasteiger partial charge in [-0.1, -0.05) is 0 Å². The van der Waals surface area contributed by atoms with Crippen LogP contribution in [-0.4, -0.2) is 29.3 Å². The van der Waals surface area contributed by atoms with Crippen LogP contribution in [0.3, 0.4) is 0 Å². The molecule has 0 saturated carbocycles. The molecule has 0 atom stereocenters. The first-order valence-electron chi connectivity index (χ1n) is 5.53. The third kappa shape index (κ3) is 2.33. The highest BCUT2D eigenvalue weighted by Gasteiger charge is 2.22. The van der Waals surface area contributed by atoms with Gasteiger partial charge in [0.1, 0.15) is 11.3 Å². The van der Waals surface area contributed by atoms with E-state index in [1.807, 2.05) is 0 Å². The monoisotopic (exact) mass is 278 g/mol. The minimum Gasteiger partial charge on any atom is -0.497 e. The fourth-order valence-electron chi connectivity index (χ4n) is 1.82. The van der Waals surface area contributed by atoms with Gasteiger partial charge in [-0.2, -0.15) is 0 Å². The summed E-state index contributed by atoms with van der Waals surface area (Å²) in [6.07, 6.45) is -0.725. The molecule has 20 heavy (non-hydrogen) atoms. The number of aromatic carboxylic acids is 1. The Bertz CT molecular complexity index is 757. The lowest BCUT2D eigenvalue weighted by atomic mass is 10.1. The van der Waals surface area contributed by atoms with Crippen molar-refractivity contribution in [3.63, 3.8) is 0 Å². The average molecular weight is 278 g/mol. The van der Waals surface area contributed by atoms with Crippen LogP contribution in [-0.2, 0) is 11.2 Å². The molecule has 1 aromatic heterocycles. The second-order valence-electron chi connectivity index (χ2n) is 3.98. The fourth-order valence-corrected chi connectivity index (χ4v) is 1.82. The summed E-state index contributed by atoms with van der Waals surface area (Å²) in [5, 5.41) is 17.9. The SMILES string of the molecule is COc1ccc2oc(C(=O)O)c(CC(=O)O)c(=O)c2c1. The van der Waals surface area contributed by atoms with E-state index in [4.69, 9.17) is 19.4 Å². The molecule has 2 aromatic rings. The van der Waals surface area contributed by atoms with Crippen LogP contribution in [0, 0.1) is 0 Å². The quantitative estimate of drug-likeness (QED) is 0.861. The topological polar surface area (TPSA) is 114 Å². The van der Waals surface area contributed by atoms with Crippen molar-refractivity contribution in [2.24, 2.45) is 0 Å². The Hall–Kier alpha value is -2.83. The molecule has 2 rings (SSSR count). The summed E-state index contributed by atoms with van der Waals surface area (Å²) in [7, 11) is 1.41. The Morgan fingerprint density at radius 1 is 1.30 bits per heavy atom. The Morgan fingerprint density at radius 2 is 2.00 bits per heavy atom. The molecule has 1 aromatic carbocycles. The van der Waals surface area contributed by atoms with Gasteiger partial charge in [-0.05, 0) is 18.2 Å². The number of rotatable bonds is 4. The summed E-state index contributed by atoms with van der Waals surface area (Å²) in [5.41, 5.74) is -1.03. The largest absolute Gasteiger partial charge is 0.497 e. The van der Waals surface area contributed by atoms with Crippen molar-refractivity contribution < 1.29 is 29.0 Å². The van der Waals surface area contributed by atoms with Crippen molar-refractivity contribution in [2.75, 3.05) is 7.11 Å². The number of benzene rings is 1. The zero-order valence-corrected chi connectivity index (χ0v) is 10.4. The predicted molar refractivity (Wildman–Crippen MR) is 67.3 cm³/mol. The van der Waals surface area contributed by atoms with E-state index in [1.165, 1.54) is 25.3 Å². The number of fused-ring (bicyclic) bond motifs is 1. The summed E-state index contributed by atoms with van der Waals surface area (Å²) in [6.45, 7) is 0. The molecule has 2 N–H and O–H groups in total. The molecular weight excluding hydrogens is 268 g/mol. The Labute approximate surface area is 112 Å². The summed E-state index contributed by atoms with van der Waals surface area (Å²) in [4.78, 5) is 34.0. The number of carboxylic acid groups (broad SMARTS) is 2. The molecule has 7 heteroatoms. The van der Waals surface area contributed by atoms with E-state index in [2.05, 4.69) is 0 Å². The second-order valence-corrected chi connectivity index (χ2v) is 3.98. The van der Waals surface area contributed by atoms with Crippen molar-refractivity contribution >= 4 is 22.9 Å². The molecule has 0 aliphatic heterocycles. The van der Waals surface area contributed by atoms with Crippen LogP contribution in [0.15, 0.2) is 27.4 Å². The third-order valence-electron chi connectivity index (χ3n) is 2.71. The van der Waals surface area contributed by atoms with Gasteiger partial charge in [0.2, 0.25) is 5.76 Å². The van der Waals surface area contributed by atoms with Crippen molar-refractivity contribution in [1.82, 2.24) is 0 Å². The minimum atomic E-state index is -1.49. The Kier molecular flexibility index (Phi) is 3.43. The van der Waals surface area contributed by atoms with E-state index in [9.17, 15) is 14.4 Å². The number of carboxylic acids is 2. The zero-order chi connectivity index (χ0) is 14.9. The smallest absolute Gasteiger partial charge is 0.372 e. The Morgan fingerprint density at radius 3 is 2.55 bits per heavy atom. The number of ether oxygens (including phenoxy) is 1. The molecule has 104 valence electrons. The lowest BCUT2D eigenvalue weighted by Crippen LogP contribution is -2.19. The number of aliphatic carboxylic acids is 1. The molecular formula is C13H10O7. The first-order valence-corrected chi connectivity index (χ1v) is 5.53. The lowest BCUT2D eigenvalue weighted by molar-refractivity contribution is -0.136. The minimum absolute atomic E-state index is 0.0577. The summed E-state index contributed by atoms with van der Waals surface area (Å²) in [6, 6.07) is 4.28. The van der Waals surface area contributed by atoms with Crippen LogP contribution in [0.1, 0.15) is 16.1 Å². The molecule has 0 bridgehead atoms. The normalized spacial score (nSPS) is 10.4. The molecule has 0 aliphatic rings. The van der Waals surface area contributed by atoms with Gasteiger partial charge in [0.25, 0.3) is 0 Å². The summed E-state index contributed by atoms with van der Waals surface area (Å²) < 4.78 is 10.1. The molecule has 0 fully saturated rings. The first kappa shape index (κ1) is 13.6. The molecule has 0 aliphatic carbocycles. The first-order chi connectivity index (χ1) is 9.43. The Balaban J connectivity index is 2.82. The van der Waals surface area contributed by atoms with E-state index in [-0.39, 0.29) is 11.0 Å². The maximum absolute atomic E-state index is 12.2. The van der Waals surface area contributed by atoms with Crippen LogP contribution in [0.2, 0.25) is 0 Å². The average Bonchev–Trinajstić information content (AvgIpc) is 2.40. The van der Waals surface area contributed by atoms with Crippen LogP contribution in [0.4, 0.5) is 0 Å². The van der Waals surface area contributed by atoms with Crippen LogP contribution < -0.4 is 10.2 Å². The molecule has 0 amide bonds. The van der Waals surface area contributed by atoms with E-state index in [0.29, 0.717) is 5.75 Å². The summed E-state index contributed by atoms with van der Waals surface area (Å²) in [5.74, 6) is -3.08. The molecule has 7 nitrogen and oxygen atoms in total. The highest BCUT2D eigenvalue weighted by molar-refractivity contribution is 5.91. The lowest BCUT2D eigenvalue weighted by Gasteiger charge is -2.06. The van der Waals surface area contributed by atoms with Crippen molar-refractivity contribution in [2.45, 2.75) is 6.42 Å². The van der Waals surface area contributed by atoms with E-state index in [1.54, 1.807) is 0 Å². The molecule has 0 unspecified atom stereocenters. The van der Waals surface area contributed by atoms with Crippen LogP contribution in [0.25, 0.3) is 11.0 Å². The third-order valence-corrected chi connectivity index (χ3v) is 2.71. The highest BCUT2D eigenvalue weighted by atomic mass is 16.5. The van der Waals surface area contributed by atoms with E-state index in [0.717, 1.165) is 0 Å². The van der Waals surface area contributed by atoms with Crippen LogP contribution >= 0.6 is 0 Å². The number of carbonyl (C=O) groups is 2. The van der Waals surface area contributed by atoms with Crippen molar-refractivity contribution in [1.29, 1.82) is 0 Å². The molecule has 0 saturated heterocycles. The standard InChI is InChI=1S/C13H10O7/c1-19-6-2-3-9-7(4-6)11(16)8(5-10(14)15)12(20-9)13(17)18/h2-4H,5H2,1H3,(H,14,15)(H,17,18). The van der Waals surface area contributed by atoms with Gasteiger partial charge >= 0.3 is 11.9 Å². The maximum Gasteiger partial charge on any atom is 0.372 e. The molecule has 0 radical (unpaired) electrons. The fraction of sp³-hybridized carbons (Fsp3) is 0.154. The van der Waals surface area contributed by atoms with Gasteiger partial charge in [-0.25, -0.2) is 4.79 Å². The second kappa shape index (κ2) is 5.04. The molecule has 0 spiro atoms. The maximum atomic E-state index is 12.2. The van der Waals surface area contributed by atoms with Crippen LogP contribution in [0.5, 0.6) is 5.75 Å². The van der Waals surface area contributed by atoms with Gasteiger partial charge < -0.3 is 19.4 Å².